The number of methoxy groups -OCH3 is 2. The predicted octanol–water partition coefficient (Wildman–Crippen LogP) is 3.14. The lowest BCUT2D eigenvalue weighted by Gasteiger charge is -2.14. The highest BCUT2D eigenvalue weighted by molar-refractivity contribution is 6.04. The first-order valence-electron chi connectivity index (χ1n) is 8.79. The van der Waals surface area contributed by atoms with Gasteiger partial charge in [0.05, 0.1) is 44.3 Å². The molecule has 11 heteroatoms. The van der Waals surface area contributed by atoms with Crippen LogP contribution in [0.15, 0.2) is 30.7 Å². The first-order chi connectivity index (χ1) is 14.2. The molecule has 3 aromatic rings. The molecule has 3 heterocycles. The van der Waals surface area contributed by atoms with Crippen LogP contribution in [-0.2, 0) is 17.5 Å². The van der Waals surface area contributed by atoms with Crippen molar-refractivity contribution in [1.29, 1.82) is 0 Å². The monoisotopic (exact) mass is 424 g/mol. The van der Waals surface area contributed by atoms with Gasteiger partial charge in [-0.2, -0.15) is 18.3 Å². The third-order valence-corrected chi connectivity index (χ3v) is 4.34. The minimum absolute atomic E-state index is 0.119. The Labute approximate surface area is 169 Å². The molecule has 3 aromatic heterocycles. The number of alkyl halides is 3. The maximum Gasteiger partial charge on any atom is 0.433 e. The SMILES string of the molecule is COC(=O)c1c(-c2cccnc2OC)c[nH]c1-c1cnn(C[C@@H](C)O)c1C(F)(F)F. The molecule has 8 nitrogen and oxygen atoms in total. The van der Waals surface area contributed by atoms with Gasteiger partial charge in [-0.1, -0.05) is 0 Å². The second-order valence-electron chi connectivity index (χ2n) is 6.44. The van der Waals surface area contributed by atoms with E-state index < -0.39 is 23.9 Å². The van der Waals surface area contributed by atoms with Crippen LogP contribution in [-0.4, -0.2) is 51.1 Å². The van der Waals surface area contributed by atoms with Crippen LogP contribution >= 0.6 is 0 Å². The van der Waals surface area contributed by atoms with Gasteiger partial charge in [0.15, 0.2) is 5.69 Å². The number of nitrogens with zero attached hydrogens (tertiary/aromatic N) is 3. The van der Waals surface area contributed by atoms with Gasteiger partial charge in [-0.15, -0.1) is 0 Å². The lowest BCUT2D eigenvalue weighted by Crippen LogP contribution is -2.21. The Morgan fingerprint density at radius 3 is 2.63 bits per heavy atom. The topological polar surface area (TPSA) is 102 Å². The molecule has 1 atom stereocenters. The molecule has 0 fully saturated rings. The lowest BCUT2D eigenvalue weighted by atomic mass is 10.0. The van der Waals surface area contributed by atoms with E-state index in [1.165, 1.54) is 26.4 Å². The van der Waals surface area contributed by atoms with Gasteiger partial charge >= 0.3 is 12.1 Å². The molecule has 0 saturated heterocycles. The van der Waals surface area contributed by atoms with Crippen molar-refractivity contribution in [2.75, 3.05) is 14.2 Å². The third kappa shape index (κ3) is 3.88. The fourth-order valence-electron chi connectivity index (χ4n) is 3.18. The largest absolute Gasteiger partial charge is 0.481 e. The highest BCUT2D eigenvalue weighted by Crippen LogP contribution is 2.41. The second kappa shape index (κ2) is 8.19. The average Bonchev–Trinajstić information content (AvgIpc) is 3.30. The van der Waals surface area contributed by atoms with Crippen molar-refractivity contribution in [3.63, 3.8) is 0 Å². The molecule has 3 rings (SSSR count). The molecule has 0 saturated carbocycles. The Balaban J connectivity index is 2.27. The average molecular weight is 424 g/mol. The van der Waals surface area contributed by atoms with E-state index in [4.69, 9.17) is 9.47 Å². The van der Waals surface area contributed by atoms with Gasteiger partial charge in [-0.25, -0.2) is 9.78 Å². The zero-order valence-corrected chi connectivity index (χ0v) is 16.3. The Morgan fingerprint density at radius 1 is 1.30 bits per heavy atom. The number of carbonyl (C=O) groups excluding carboxylic acids is 1. The van der Waals surface area contributed by atoms with Gasteiger partial charge < -0.3 is 19.6 Å². The number of halogens is 3. The number of nitrogens with one attached hydrogen (secondary N) is 1. The van der Waals surface area contributed by atoms with Gasteiger partial charge in [0, 0.05) is 29.1 Å². The van der Waals surface area contributed by atoms with Gasteiger partial charge in [0.1, 0.15) is 0 Å². The number of aromatic amines is 1. The molecule has 0 spiro atoms. The van der Waals surface area contributed by atoms with Crippen LogP contribution in [0.2, 0.25) is 0 Å². The maximum absolute atomic E-state index is 13.8. The van der Waals surface area contributed by atoms with Crippen molar-refractivity contribution in [3.8, 4) is 28.3 Å². The highest BCUT2D eigenvalue weighted by atomic mass is 19.4. The summed E-state index contributed by atoms with van der Waals surface area (Å²) in [4.78, 5) is 19.4. The fourth-order valence-corrected chi connectivity index (χ4v) is 3.18. The summed E-state index contributed by atoms with van der Waals surface area (Å²) in [5.41, 5.74) is -1.03. The van der Waals surface area contributed by atoms with Gasteiger partial charge in [-0.05, 0) is 19.1 Å². The zero-order valence-electron chi connectivity index (χ0n) is 16.3. The summed E-state index contributed by atoms with van der Waals surface area (Å²) >= 11 is 0. The number of ether oxygens (including phenoxy) is 2. The number of aliphatic hydroxyl groups is 1. The molecule has 2 N–H and O–H groups in total. The Morgan fingerprint density at radius 2 is 2.03 bits per heavy atom. The quantitative estimate of drug-likeness (QED) is 0.590. The number of aromatic nitrogens is 4. The fraction of sp³-hybridized carbons (Fsp3) is 0.316. The molecule has 0 bridgehead atoms. The molecular formula is C19H19F3N4O4. The van der Waals surface area contributed by atoms with Crippen molar-refractivity contribution < 1.29 is 32.5 Å². The number of hydrogen-bond donors (Lipinski definition) is 2. The second-order valence-corrected chi connectivity index (χ2v) is 6.44. The summed E-state index contributed by atoms with van der Waals surface area (Å²) in [6, 6.07) is 3.22. The number of esters is 1. The number of hydrogen-bond acceptors (Lipinski definition) is 6. The third-order valence-electron chi connectivity index (χ3n) is 4.34. The van der Waals surface area contributed by atoms with E-state index in [2.05, 4.69) is 15.1 Å². The minimum atomic E-state index is -4.79. The molecule has 0 aliphatic heterocycles. The number of carbonyl (C=O) groups is 1. The van der Waals surface area contributed by atoms with Crippen LogP contribution < -0.4 is 4.74 Å². The molecule has 0 aliphatic rings. The standard InChI is InChI=1S/C19H19F3N4O4/c1-10(27)9-26-16(19(20,21)22)13(8-25-26)15-14(18(28)30-3)12(7-24-15)11-5-4-6-23-17(11)29-2/h4-8,10,24,27H,9H2,1-3H3/t10-/m1/s1. The van der Waals surface area contributed by atoms with E-state index in [9.17, 15) is 23.1 Å². The summed E-state index contributed by atoms with van der Waals surface area (Å²) in [6.07, 6.45) is -1.99. The number of H-pyrrole nitrogens is 1. The predicted molar refractivity (Wildman–Crippen MR) is 99.8 cm³/mol. The van der Waals surface area contributed by atoms with Crippen LogP contribution in [0.4, 0.5) is 13.2 Å². The van der Waals surface area contributed by atoms with Gasteiger partial charge in [0.2, 0.25) is 5.88 Å². The van der Waals surface area contributed by atoms with E-state index in [0.29, 0.717) is 10.2 Å². The molecule has 160 valence electrons. The number of aliphatic hydroxyl groups excluding tert-OH is 1. The van der Waals surface area contributed by atoms with Crippen LogP contribution in [0.3, 0.4) is 0 Å². The maximum atomic E-state index is 13.8. The summed E-state index contributed by atoms with van der Waals surface area (Å²) < 4.78 is 52.2. The summed E-state index contributed by atoms with van der Waals surface area (Å²) in [7, 11) is 2.52. The van der Waals surface area contributed by atoms with Gasteiger partial charge in [0.25, 0.3) is 0 Å². The van der Waals surface area contributed by atoms with Crippen LogP contribution in [0.25, 0.3) is 22.4 Å². The normalized spacial score (nSPS) is 12.6. The van der Waals surface area contributed by atoms with E-state index in [0.717, 1.165) is 13.3 Å². The van der Waals surface area contributed by atoms with E-state index in [1.807, 2.05) is 0 Å². The molecule has 30 heavy (non-hydrogen) atoms. The van der Waals surface area contributed by atoms with Crippen molar-refractivity contribution in [2.45, 2.75) is 25.7 Å². The molecule has 0 amide bonds. The smallest absolute Gasteiger partial charge is 0.433 e. The number of pyridine rings is 1. The Bertz CT molecular complexity index is 1060. The van der Waals surface area contributed by atoms with Gasteiger partial charge in [-0.3, -0.25) is 4.68 Å². The Hall–Kier alpha value is -3.34. The van der Waals surface area contributed by atoms with E-state index >= 15 is 0 Å². The van der Waals surface area contributed by atoms with E-state index in [-0.39, 0.29) is 34.8 Å². The van der Waals surface area contributed by atoms with Crippen LogP contribution in [0.5, 0.6) is 5.88 Å². The van der Waals surface area contributed by atoms with E-state index in [1.54, 1.807) is 12.1 Å². The van der Waals surface area contributed by atoms with Crippen molar-refractivity contribution in [2.24, 2.45) is 0 Å². The van der Waals surface area contributed by atoms with Crippen LogP contribution in [0, 0.1) is 0 Å². The highest BCUT2D eigenvalue weighted by Gasteiger charge is 2.40. The Kier molecular flexibility index (Phi) is 5.83. The summed E-state index contributed by atoms with van der Waals surface area (Å²) in [5, 5.41) is 13.3. The molecule has 0 aliphatic carbocycles. The number of rotatable bonds is 6. The molecule has 0 aromatic carbocycles. The summed E-state index contributed by atoms with van der Waals surface area (Å²) in [6.45, 7) is 0.981. The van der Waals surface area contributed by atoms with Crippen molar-refractivity contribution >= 4 is 5.97 Å². The zero-order chi connectivity index (χ0) is 22.1. The van der Waals surface area contributed by atoms with Crippen molar-refractivity contribution in [1.82, 2.24) is 19.7 Å². The lowest BCUT2D eigenvalue weighted by molar-refractivity contribution is -0.144. The molecule has 0 unspecified atom stereocenters. The molecule has 0 radical (unpaired) electrons. The first-order valence-corrected chi connectivity index (χ1v) is 8.79. The van der Waals surface area contributed by atoms with Crippen molar-refractivity contribution in [3.05, 3.63) is 42.0 Å². The molecular weight excluding hydrogens is 405 g/mol. The first kappa shape index (κ1) is 21.4. The minimum Gasteiger partial charge on any atom is -0.481 e. The summed E-state index contributed by atoms with van der Waals surface area (Å²) in [5.74, 6) is -0.655. The van der Waals surface area contributed by atoms with Crippen LogP contribution in [0.1, 0.15) is 23.0 Å².